The minimum atomic E-state index is -4.45. The van der Waals surface area contributed by atoms with Crippen molar-refractivity contribution in [3.63, 3.8) is 0 Å². The summed E-state index contributed by atoms with van der Waals surface area (Å²) in [5.41, 5.74) is -0.288. The first kappa shape index (κ1) is 31.0. The van der Waals surface area contributed by atoms with Gasteiger partial charge in [-0.25, -0.2) is 36.0 Å². The molecule has 0 fully saturated rings. The van der Waals surface area contributed by atoms with Crippen molar-refractivity contribution in [3.8, 4) is 22.5 Å². The molecule has 2 N–H and O–H groups in total. The Morgan fingerprint density at radius 1 is 1.15 bits per heavy atom. The average molecular weight is 618 g/mol. The molecule has 2 aromatic heterocycles. The Kier molecular flexibility index (Phi) is 9.26. The molecular weight excluding hydrogens is 589 g/mol. The van der Waals surface area contributed by atoms with Gasteiger partial charge < -0.3 is 15.4 Å². The Balaban J connectivity index is 2.14. The van der Waals surface area contributed by atoms with Gasteiger partial charge in [0.1, 0.15) is 11.4 Å². The van der Waals surface area contributed by atoms with Crippen LogP contribution in [0.15, 0.2) is 30.6 Å². The number of halogens is 2. The SMILES string of the molecule is COC(=O)NC(C)CNc1nccc(-c2cn(C(C)C)nc2-c2cc(Cl)cc(N(S(C)(=O)=O)S(C)(=O)=O)c2F)n1. The number of aromatic nitrogens is 4. The molecule has 40 heavy (non-hydrogen) atoms. The highest BCUT2D eigenvalue weighted by molar-refractivity contribution is 8.09. The summed E-state index contributed by atoms with van der Waals surface area (Å²) < 4.78 is 71.6. The quantitative estimate of drug-likeness (QED) is 0.345. The third-order valence-electron chi connectivity index (χ3n) is 5.38. The normalized spacial score (nSPS) is 12.7. The fourth-order valence-corrected chi connectivity index (χ4v) is 6.84. The van der Waals surface area contributed by atoms with Gasteiger partial charge in [-0.15, -0.1) is 0 Å². The van der Waals surface area contributed by atoms with E-state index in [1.54, 1.807) is 23.9 Å². The van der Waals surface area contributed by atoms with E-state index in [9.17, 15) is 21.6 Å². The molecule has 3 aromatic rings. The van der Waals surface area contributed by atoms with Crippen molar-refractivity contribution in [1.29, 1.82) is 0 Å². The van der Waals surface area contributed by atoms with E-state index in [1.165, 1.54) is 19.4 Å². The number of nitrogens with zero attached hydrogens (tertiary/aromatic N) is 5. The number of methoxy groups -OCH3 is 1. The molecule has 1 atom stereocenters. The molecule has 1 amide bonds. The lowest BCUT2D eigenvalue weighted by atomic mass is 10.0. The lowest BCUT2D eigenvalue weighted by Crippen LogP contribution is -2.37. The Morgan fingerprint density at radius 2 is 1.80 bits per heavy atom. The standard InChI is InChI=1S/C23H29ClFN7O6S2/c1-13(2)31-12-17(18-7-8-26-22(29-18)27-11-14(3)28-23(33)38-4)21(30-31)16-9-15(24)10-19(20(16)25)32(39(5,34)35)40(6,36)37/h7-10,12-14H,11H2,1-6H3,(H,28,33)(H,26,27,29). The lowest BCUT2D eigenvalue weighted by Gasteiger charge is -2.21. The van der Waals surface area contributed by atoms with Gasteiger partial charge in [0.15, 0.2) is 5.82 Å². The molecule has 0 bridgehead atoms. The highest BCUT2D eigenvalue weighted by Gasteiger charge is 2.32. The van der Waals surface area contributed by atoms with Gasteiger partial charge in [0.25, 0.3) is 0 Å². The number of amides is 1. The first-order chi connectivity index (χ1) is 18.5. The number of rotatable bonds is 10. The minimum absolute atomic E-state index is 0.0138. The predicted molar refractivity (Wildman–Crippen MR) is 150 cm³/mol. The molecule has 2 heterocycles. The molecule has 13 nitrogen and oxygen atoms in total. The first-order valence-electron chi connectivity index (χ1n) is 11.7. The fourth-order valence-electron chi connectivity index (χ4n) is 3.68. The van der Waals surface area contributed by atoms with Crippen LogP contribution in [0.3, 0.4) is 0 Å². The van der Waals surface area contributed by atoms with Crippen molar-refractivity contribution < 1.29 is 30.8 Å². The van der Waals surface area contributed by atoms with Crippen LogP contribution in [0, 0.1) is 5.82 Å². The molecule has 0 aliphatic heterocycles. The molecule has 1 aromatic carbocycles. The third kappa shape index (κ3) is 7.17. The van der Waals surface area contributed by atoms with E-state index >= 15 is 4.39 Å². The largest absolute Gasteiger partial charge is 0.453 e. The number of sulfonamides is 2. The molecule has 0 aliphatic rings. The summed E-state index contributed by atoms with van der Waals surface area (Å²) in [6, 6.07) is 3.21. The molecule has 0 aliphatic carbocycles. The number of alkyl carbamates (subject to hydrolysis) is 1. The van der Waals surface area contributed by atoms with Crippen molar-refractivity contribution in [2.75, 3.05) is 35.2 Å². The van der Waals surface area contributed by atoms with Crippen LogP contribution in [0.4, 0.5) is 20.8 Å². The number of hydrogen-bond acceptors (Lipinski definition) is 10. The van der Waals surface area contributed by atoms with Crippen LogP contribution >= 0.6 is 11.6 Å². The highest BCUT2D eigenvalue weighted by Crippen LogP contribution is 2.39. The number of carbonyl (C=O) groups is 1. The van der Waals surface area contributed by atoms with Gasteiger partial charge in [-0.3, -0.25) is 4.68 Å². The maximum absolute atomic E-state index is 16.0. The zero-order valence-electron chi connectivity index (χ0n) is 22.5. The van der Waals surface area contributed by atoms with Gasteiger partial charge in [-0.2, -0.15) is 8.81 Å². The third-order valence-corrected chi connectivity index (χ3v) is 8.82. The van der Waals surface area contributed by atoms with Gasteiger partial charge in [0.05, 0.1) is 25.3 Å². The summed E-state index contributed by atoms with van der Waals surface area (Å²) in [7, 11) is -7.66. The lowest BCUT2D eigenvalue weighted by molar-refractivity contribution is 0.168. The molecular formula is C23H29ClFN7O6S2. The van der Waals surface area contributed by atoms with E-state index in [-0.39, 0.29) is 44.6 Å². The molecule has 3 rings (SSSR count). The second-order valence-electron chi connectivity index (χ2n) is 9.16. The second kappa shape index (κ2) is 11.9. The smallest absolute Gasteiger partial charge is 0.407 e. The number of anilines is 2. The van der Waals surface area contributed by atoms with Crippen LogP contribution in [0.2, 0.25) is 5.02 Å². The number of hydrogen-bond donors (Lipinski definition) is 2. The summed E-state index contributed by atoms with van der Waals surface area (Å²) >= 11 is 6.23. The zero-order chi connectivity index (χ0) is 30.0. The van der Waals surface area contributed by atoms with E-state index in [4.69, 9.17) is 11.6 Å². The molecule has 218 valence electrons. The first-order valence-corrected chi connectivity index (χ1v) is 15.8. The van der Waals surface area contributed by atoms with Crippen LogP contribution < -0.4 is 14.3 Å². The Labute approximate surface area is 236 Å². The molecule has 17 heteroatoms. The summed E-state index contributed by atoms with van der Waals surface area (Å²) in [5, 5.41) is 9.97. The summed E-state index contributed by atoms with van der Waals surface area (Å²) in [6.07, 6.45) is 3.78. The van der Waals surface area contributed by atoms with Crippen molar-refractivity contribution in [3.05, 3.63) is 41.4 Å². The van der Waals surface area contributed by atoms with Crippen LogP contribution in [0.25, 0.3) is 22.5 Å². The van der Waals surface area contributed by atoms with Gasteiger partial charge in [0.2, 0.25) is 26.0 Å². The Bertz CT molecular complexity index is 1600. The molecule has 0 spiro atoms. The summed E-state index contributed by atoms with van der Waals surface area (Å²) in [6.45, 7) is 5.69. The molecule has 0 radical (unpaired) electrons. The number of carbonyl (C=O) groups excluding carboxylic acids is 1. The maximum atomic E-state index is 16.0. The van der Waals surface area contributed by atoms with Crippen LogP contribution in [0.1, 0.15) is 26.8 Å². The molecule has 0 saturated carbocycles. The average Bonchev–Trinajstić information content (AvgIpc) is 3.29. The van der Waals surface area contributed by atoms with Crippen molar-refractivity contribution in [2.24, 2.45) is 0 Å². The van der Waals surface area contributed by atoms with Crippen LogP contribution in [-0.4, -0.2) is 74.9 Å². The number of ether oxygens (including phenoxy) is 1. The highest BCUT2D eigenvalue weighted by atomic mass is 35.5. The summed E-state index contributed by atoms with van der Waals surface area (Å²) in [5.74, 6) is -0.961. The van der Waals surface area contributed by atoms with Crippen molar-refractivity contribution in [2.45, 2.75) is 32.9 Å². The van der Waals surface area contributed by atoms with E-state index in [0.29, 0.717) is 23.8 Å². The van der Waals surface area contributed by atoms with E-state index in [0.717, 1.165) is 6.07 Å². The topological polar surface area (TPSA) is 165 Å². The Hall–Kier alpha value is -3.50. The summed E-state index contributed by atoms with van der Waals surface area (Å²) in [4.78, 5) is 20.1. The minimum Gasteiger partial charge on any atom is -0.453 e. The van der Waals surface area contributed by atoms with Crippen molar-refractivity contribution in [1.82, 2.24) is 25.1 Å². The number of nitrogens with one attached hydrogen (secondary N) is 2. The zero-order valence-corrected chi connectivity index (χ0v) is 24.9. The van der Waals surface area contributed by atoms with Gasteiger partial charge >= 0.3 is 6.09 Å². The van der Waals surface area contributed by atoms with E-state index in [1.807, 2.05) is 13.8 Å². The number of benzene rings is 1. The second-order valence-corrected chi connectivity index (χ2v) is 13.5. The Morgan fingerprint density at radius 3 is 2.38 bits per heavy atom. The fraction of sp³-hybridized carbons (Fsp3) is 0.391. The van der Waals surface area contributed by atoms with E-state index in [2.05, 4.69) is 30.4 Å². The maximum Gasteiger partial charge on any atom is 0.407 e. The monoisotopic (exact) mass is 617 g/mol. The van der Waals surface area contributed by atoms with Gasteiger partial charge in [0, 0.05) is 47.2 Å². The molecule has 1 unspecified atom stereocenters. The van der Waals surface area contributed by atoms with Crippen molar-refractivity contribution >= 4 is 49.4 Å². The van der Waals surface area contributed by atoms with E-state index < -0.39 is 37.6 Å². The van der Waals surface area contributed by atoms with Crippen LogP contribution in [-0.2, 0) is 24.8 Å². The van der Waals surface area contributed by atoms with Crippen LogP contribution in [0.5, 0.6) is 0 Å². The van der Waals surface area contributed by atoms with Gasteiger partial charge in [-0.05, 0) is 39.0 Å². The predicted octanol–water partition coefficient (Wildman–Crippen LogP) is 3.26. The van der Waals surface area contributed by atoms with Gasteiger partial charge in [-0.1, -0.05) is 11.6 Å². The molecule has 0 saturated heterocycles.